The molecule has 2 unspecified atom stereocenters. The summed E-state index contributed by atoms with van der Waals surface area (Å²) >= 11 is 0. The average Bonchev–Trinajstić information content (AvgIpc) is 2.27. The Hall–Kier alpha value is -0.620. The molecule has 0 aromatic heterocycles. The van der Waals surface area contributed by atoms with Gasteiger partial charge in [0.1, 0.15) is 0 Å². The van der Waals surface area contributed by atoms with E-state index in [4.69, 9.17) is 5.11 Å². The number of carboxylic acid groups (broad SMARTS) is 1. The van der Waals surface area contributed by atoms with Crippen molar-refractivity contribution >= 4 is 16.0 Å². The van der Waals surface area contributed by atoms with E-state index in [1.54, 1.807) is 6.92 Å². The third-order valence-corrected chi connectivity index (χ3v) is 5.33. The van der Waals surface area contributed by atoms with Crippen molar-refractivity contribution in [2.24, 2.45) is 11.8 Å². The van der Waals surface area contributed by atoms with Crippen molar-refractivity contribution in [1.82, 2.24) is 4.72 Å². The van der Waals surface area contributed by atoms with E-state index < -0.39 is 28.0 Å². The maximum Gasteiger partial charge on any atom is 0.307 e. The highest BCUT2D eigenvalue weighted by molar-refractivity contribution is 7.89. The van der Waals surface area contributed by atoms with Crippen LogP contribution in [0.4, 0.5) is 0 Å². The van der Waals surface area contributed by atoms with Crippen LogP contribution in [-0.2, 0) is 14.8 Å². The zero-order valence-corrected chi connectivity index (χ0v) is 11.9. The molecule has 0 bridgehead atoms. The van der Waals surface area contributed by atoms with E-state index >= 15 is 0 Å². The monoisotopic (exact) mass is 277 g/mol. The Kier molecular flexibility index (Phi) is 5.59. The molecule has 1 rings (SSSR count). The van der Waals surface area contributed by atoms with Crippen LogP contribution in [0.25, 0.3) is 0 Å². The fraction of sp³-hybridized carbons (Fsp3) is 0.917. The molecule has 1 aliphatic carbocycles. The summed E-state index contributed by atoms with van der Waals surface area (Å²) in [6.07, 6.45) is 5.31. The van der Waals surface area contributed by atoms with Gasteiger partial charge in [-0.1, -0.05) is 26.2 Å². The molecular formula is C12H23NO4S. The molecule has 2 atom stereocenters. The van der Waals surface area contributed by atoms with Gasteiger partial charge >= 0.3 is 5.97 Å². The Morgan fingerprint density at radius 3 is 2.33 bits per heavy atom. The lowest BCUT2D eigenvalue weighted by Crippen LogP contribution is -2.42. The van der Waals surface area contributed by atoms with Crippen molar-refractivity contribution in [3.8, 4) is 0 Å². The molecule has 0 amide bonds. The molecule has 18 heavy (non-hydrogen) atoms. The second-order valence-electron chi connectivity index (χ2n) is 5.32. The van der Waals surface area contributed by atoms with Crippen LogP contribution in [0.2, 0.25) is 0 Å². The zero-order valence-electron chi connectivity index (χ0n) is 11.1. The number of carboxylic acids is 1. The maximum absolute atomic E-state index is 11.9. The van der Waals surface area contributed by atoms with Crippen LogP contribution >= 0.6 is 0 Å². The van der Waals surface area contributed by atoms with Crippen LogP contribution in [0.15, 0.2) is 0 Å². The van der Waals surface area contributed by atoms with E-state index in [1.165, 1.54) is 13.3 Å². The van der Waals surface area contributed by atoms with Gasteiger partial charge in [0.05, 0.1) is 11.7 Å². The molecular weight excluding hydrogens is 254 g/mol. The summed E-state index contributed by atoms with van der Waals surface area (Å²) in [6, 6.07) is -0.573. The van der Waals surface area contributed by atoms with Gasteiger partial charge in [-0.15, -0.1) is 0 Å². The van der Waals surface area contributed by atoms with Crippen molar-refractivity contribution in [1.29, 1.82) is 0 Å². The summed E-state index contributed by atoms with van der Waals surface area (Å²) in [5, 5.41) is 8.84. The Labute approximate surface area is 109 Å². The van der Waals surface area contributed by atoms with Crippen molar-refractivity contribution < 1.29 is 18.3 Å². The molecule has 2 N–H and O–H groups in total. The second-order valence-corrected chi connectivity index (χ2v) is 7.12. The van der Waals surface area contributed by atoms with Gasteiger partial charge in [0.2, 0.25) is 10.0 Å². The fourth-order valence-electron chi connectivity index (χ4n) is 2.31. The number of aliphatic carboxylic acids is 1. The van der Waals surface area contributed by atoms with E-state index in [-0.39, 0.29) is 11.7 Å². The average molecular weight is 277 g/mol. The Bertz CT molecular complexity index is 374. The summed E-state index contributed by atoms with van der Waals surface area (Å²) in [5.41, 5.74) is 0. The molecule has 0 aromatic carbocycles. The molecule has 6 heteroatoms. The topological polar surface area (TPSA) is 83.5 Å². The zero-order chi connectivity index (χ0) is 13.8. The highest BCUT2D eigenvalue weighted by Gasteiger charge is 2.26. The molecule has 0 spiro atoms. The summed E-state index contributed by atoms with van der Waals surface area (Å²) in [5.74, 6) is -1.35. The largest absolute Gasteiger partial charge is 0.481 e. The summed E-state index contributed by atoms with van der Waals surface area (Å²) < 4.78 is 26.3. The number of hydrogen-bond acceptors (Lipinski definition) is 3. The number of hydrogen-bond donors (Lipinski definition) is 2. The normalized spacial score (nSPS) is 21.4. The lowest BCUT2D eigenvalue weighted by atomic mass is 9.91. The molecule has 5 nitrogen and oxygen atoms in total. The fourth-order valence-corrected chi connectivity index (χ4v) is 4.13. The molecule has 0 heterocycles. The van der Waals surface area contributed by atoms with Crippen LogP contribution in [-0.4, -0.2) is 31.3 Å². The van der Waals surface area contributed by atoms with Gasteiger partial charge in [-0.3, -0.25) is 4.79 Å². The quantitative estimate of drug-likeness (QED) is 0.772. The Morgan fingerprint density at radius 2 is 1.83 bits per heavy atom. The maximum atomic E-state index is 11.9. The van der Waals surface area contributed by atoms with Crippen LogP contribution in [0.3, 0.4) is 0 Å². The molecule has 0 saturated heterocycles. The number of sulfonamides is 1. The summed E-state index contributed by atoms with van der Waals surface area (Å²) in [6.45, 7) is 3.10. The van der Waals surface area contributed by atoms with Gasteiger partial charge in [0.15, 0.2) is 0 Å². The van der Waals surface area contributed by atoms with E-state index in [1.807, 2.05) is 0 Å². The van der Waals surface area contributed by atoms with E-state index in [9.17, 15) is 13.2 Å². The highest BCUT2D eigenvalue weighted by Crippen LogP contribution is 2.24. The molecule has 0 aliphatic heterocycles. The number of nitrogens with one attached hydrogen (secondary N) is 1. The van der Waals surface area contributed by atoms with Gasteiger partial charge in [0, 0.05) is 6.04 Å². The van der Waals surface area contributed by atoms with E-state index in [2.05, 4.69) is 4.72 Å². The van der Waals surface area contributed by atoms with Crippen LogP contribution < -0.4 is 4.72 Å². The Morgan fingerprint density at radius 1 is 1.28 bits per heavy atom. The molecule has 0 aromatic rings. The van der Waals surface area contributed by atoms with Crippen molar-refractivity contribution in [2.45, 2.75) is 52.0 Å². The minimum atomic E-state index is -3.37. The molecule has 1 saturated carbocycles. The van der Waals surface area contributed by atoms with Crippen LogP contribution in [0.5, 0.6) is 0 Å². The predicted molar refractivity (Wildman–Crippen MR) is 69.8 cm³/mol. The third kappa shape index (κ3) is 4.94. The Balaban J connectivity index is 2.50. The highest BCUT2D eigenvalue weighted by atomic mass is 32.2. The first-order valence-corrected chi connectivity index (χ1v) is 8.20. The first-order valence-electron chi connectivity index (χ1n) is 6.54. The molecule has 106 valence electrons. The van der Waals surface area contributed by atoms with Crippen molar-refractivity contribution in [2.75, 3.05) is 5.75 Å². The lowest BCUT2D eigenvalue weighted by Gasteiger charge is -2.23. The lowest BCUT2D eigenvalue weighted by molar-refractivity contribution is -0.141. The summed E-state index contributed by atoms with van der Waals surface area (Å²) in [7, 11) is -3.37. The third-order valence-electron chi connectivity index (χ3n) is 3.68. The SMILES string of the molecule is CC(NS(=O)(=O)CC1CCCCC1)C(C)C(=O)O. The van der Waals surface area contributed by atoms with Crippen LogP contribution in [0, 0.1) is 11.8 Å². The van der Waals surface area contributed by atoms with Gasteiger partial charge in [-0.2, -0.15) is 0 Å². The van der Waals surface area contributed by atoms with Crippen molar-refractivity contribution in [3.63, 3.8) is 0 Å². The van der Waals surface area contributed by atoms with Gasteiger partial charge < -0.3 is 5.11 Å². The van der Waals surface area contributed by atoms with Crippen LogP contribution in [0.1, 0.15) is 46.0 Å². The molecule has 1 fully saturated rings. The smallest absolute Gasteiger partial charge is 0.307 e. The van der Waals surface area contributed by atoms with Gasteiger partial charge in [-0.05, 0) is 25.7 Å². The first kappa shape index (κ1) is 15.4. The minimum absolute atomic E-state index is 0.129. The van der Waals surface area contributed by atoms with E-state index in [0.29, 0.717) is 0 Å². The standard InChI is InChI=1S/C12H23NO4S/c1-9(12(14)15)10(2)13-18(16,17)8-11-6-4-3-5-7-11/h9-11,13H,3-8H2,1-2H3,(H,14,15). The van der Waals surface area contributed by atoms with E-state index in [0.717, 1.165) is 25.7 Å². The number of carbonyl (C=O) groups is 1. The second kappa shape index (κ2) is 6.52. The van der Waals surface area contributed by atoms with Gasteiger partial charge in [0.25, 0.3) is 0 Å². The minimum Gasteiger partial charge on any atom is -0.481 e. The molecule has 1 aliphatic rings. The van der Waals surface area contributed by atoms with Gasteiger partial charge in [-0.25, -0.2) is 13.1 Å². The summed E-state index contributed by atoms with van der Waals surface area (Å²) in [4.78, 5) is 10.8. The predicted octanol–water partition coefficient (Wildman–Crippen LogP) is 1.60. The molecule has 0 radical (unpaired) electrons. The number of rotatable bonds is 6. The van der Waals surface area contributed by atoms with Crippen molar-refractivity contribution in [3.05, 3.63) is 0 Å². The first-order chi connectivity index (χ1) is 8.32.